The molecule has 0 radical (unpaired) electrons. The zero-order valence-corrected chi connectivity index (χ0v) is 11.7. The van der Waals surface area contributed by atoms with Crippen LogP contribution in [0.1, 0.15) is 26.2 Å². The molecule has 0 bridgehead atoms. The van der Waals surface area contributed by atoms with Crippen LogP contribution in [0.2, 0.25) is 0 Å². The fourth-order valence-corrected chi connectivity index (χ4v) is 3.55. The van der Waals surface area contributed by atoms with Crippen molar-refractivity contribution in [3.63, 3.8) is 0 Å². The zero-order chi connectivity index (χ0) is 15.6. The molecule has 1 fully saturated rings. The molecule has 20 heavy (non-hydrogen) atoms. The fourth-order valence-electron chi connectivity index (χ4n) is 2.27. The van der Waals surface area contributed by atoms with E-state index < -0.39 is 34.3 Å². The molecule has 0 aromatic rings. The molecule has 1 unspecified atom stereocenters. The van der Waals surface area contributed by atoms with Crippen molar-refractivity contribution < 1.29 is 31.5 Å². The maximum Gasteiger partial charge on any atom is 0.402 e. The number of halogens is 3. The molecule has 10 heteroatoms. The minimum Gasteiger partial charge on any atom is -0.481 e. The van der Waals surface area contributed by atoms with Gasteiger partial charge >= 0.3 is 12.1 Å². The first-order chi connectivity index (χ1) is 9.02. The van der Waals surface area contributed by atoms with Crippen LogP contribution >= 0.6 is 0 Å². The summed E-state index contributed by atoms with van der Waals surface area (Å²) in [7, 11) is -4.32. The van der Waals surface area contributed by atoms with Gasteiger partial charge in [0, 0.05) is 13.1 Å². The van der Waals surface area contributed by atoms with E-state index in [4.69, 9.17) is 0 Å². The molecule has 2 N–H and O–H groups in total. The summed E-state index contributed by atoms with van der Waals surface area (Å²) < 4.78 is 61.7. The molecular formula is C10H17F3N2O4S. The molecule has 0 aromatic heterocycles. The number of carboxylic acids is 1. The Morgan fingerprint density at radius 1 is 1.45 bits per heavy atom. The maximum absolute atomic E-state index is 12.0. The van der Waals surface area contributed by atoms with Crippen molar-refractivity contribution >= 4 is 16.2 Å². The predicted molar refractivity (Wildman–Crippen MR) is 64.1 cm³/mol. The Bertz CT molecular complexity index is 466. The summed E-state index contributed by atoms with van der Waals surface area (Å²) in [5, 5.41) is 9.22. The van der Waals surface area contributed by atoms with E-state index in [1.54, 1.807) is 6.92 Å². The summed E-state index contributed by atoms with van der Waals surface area (Å²) in [6.45, 7) is -0.299. The highest BCUT2D eigenvalue weighted by Gasteiger charge is 2.47. The summed E-state index contributed by atoms with van der Waals surface area (Å²) in [6.07, 6.45) is -3.72. The smallest absolute Gasteiger partial charge is 0.402 e. The molecule has 0 aromatic carbocycles. The second-order valence-corrected chi connectivity index (χ2v) is 6.62. The highest BCUT2D eigenvalue weighted by molar-refractivity contribution is 7.87. The van der Waals surface area contributed by atoms with Crippen molar-refractivity contribution in [1.29, 1.82) is 0 Å². The van der Waals surface area contributed by atoms with Gasteiger partial charge in [0.05, 0.1) is 5.41 Å². The molecule has 0 aliphatic carbocycles. The van der Waals surface area contributed by atoms with Gasteiger partial charge in [0.1, 0.15) is 6.54 Å². The summed E-state index contributed by atoms with van der Waals surface area (Å²) in [4.78, 5) is 11.3. The Hall–Kier alpha value is -0.870. The van der Waals surface area contributed by atoms with E-state index in [2.05, 4.69) is 0 Å². The predicted octanol–water partition coefficient (Wildman–Crippen LogP) is 0.960. The lowest BCUT2D eigenvalue weighted by Crippen LogP contribution is -2.45. The van der Waals surface area contributed by atoms with Crippen LogP contribution in [-0.2, 0) is 15.0 Å². The molecule has 118 valence electrons. The molecule has 1 aliphatic heterocycles. The van der Waals surface area contributed by atoms with Crippen molar-refractivity contribution in [1.82, 2.24) is 9.03 Å². The normalized spacial score (nSPS) is 25.0. The van der Waals surface area contributed by atoms with Gasteiger partial charge in [-0.1, -0.05) is 13.3 Å². The van der Waals surface area contributed by atoms with Crippen molar-refractivity contribution in [2.75, 3.05) is 19.6 Å². The van der Waals surface area contributed by atoms with Gasteiger partial charge in [-0.25, -0.2) is 0 Å². The Balaban J connectivity index is 2.77. The summed E-state index contributed by atoms with van der Waals surface area (Å²) in [5.74, 6) is -1.12. The Morgan fingerprint density at radius 3 is 2.50 bits per heavy atom. The molecule has 6 nitrogen and oxygen atoms in total. The number of nitrogens with one attached hydrogen (secondary N) is 1. The monoisotopic (exact) mass is 318 g/mol. The van der Waals surface area contributed by atoms with Gasteiger partial charge in [0.15, 0.2) is 0 Å². The maximum atomic E-state index is 12.0. The highest BCUT2D eigenvalue weighted by atomic mass is 32.2. The minimum atomic E-state index is -4.65. The SMILES string of the molecule is CCCC1(C(=O)O)CCN(S(=O)(=O)NCC(F)(F)F)C1. The van der Waals surface area contributed by atoms with Crippen LogP contribution in [0.3, 0.4) is 0 Å². The van der Waals surface area contributed by atoms with Crippen molar-refractivity contribution in [3.8, 4) is 0 Å². The van der Waals surface area contributed by atoms with E-state index >= 15 is 0 Å². The topological polar surface area (TPSA) is 86.7 Å². The van der Waals surface area contributed by atoms with Crippen molar-refractivity contribution in [2.45, 2.75) is 32.4 Å². The lowest BCUT2D eigenvalue weighted by molar-refractivity contribution is -0.148. The third kappa shape index (κ3) is 4.06. The molecule has 1 heterocycles. The summed E-state index contributed by atoms with van der Waals surface area (Å²) in [6, 6.07) is 0. The molecule has 1 saturated heterocycles. The first-order valence-electron chi connectivity index (χ1n) is 6.07. The lowest BCUT2D eigenvalue weighted by atomic mass is 9.83. The molecule has 0 spiro atoms. The molecule has 1 atom stereocenters. The van der Waals surface area contributed by atoms with Gasteiger partial charge in [-0.05, 0) is 12.8 Å². The van der Waals surface area contributed by atoms with Crippen LogP contribution in [0.4, 0.5) is 13.2 Å². The van der Waals surface area contributed by atoms with Crippen LogP contribution in [0.25, 0.3) is 0 Å². The van der Waals surface area contributed by atoms with Gasteiger partial charge in [-0.2, -0.15) is 30.6 Å². The number of rotatable bonds is 6. The van der Waals surface area contributed by atoms with E-state index in [0.29, 0.717) is 6.42 Å². The van der Waals surface area contributed by atoms with Crippen LogP contribution in [0.5, 0.6) is 0 Å². The molecular weight excluding hydrogens is 301 g/mol. The van der Waals surface area contributed by atoms with E-state index in [9.17, 15) is 31.5 Å². The first kappa shape index (κ1) is 17.2. The minimum absolute atomic E-state index is 0.0977. The van der Waals surface area contributed by atoms with Crippen LogP contribution in [-0.4, -0.2) is 49.6 Å². The third-order valence-electron chi connectivity index (χ3n) is 3.30. The molecule has 0 amide bonds. The quantitative estimate of drug-likeness (QED) is 0.764. The van der Waals surface area contributed by atoms with Gasteiger partial charge in [0.25, 0.3) is 10.2 Å². The number of alkyl halides is 3. The molecule has 1 rings (SSSR count). The Morgan fingerprint density at radius 2 is 2.05 bits per heavy atom. The summed E-state index contributed by atoms with van der Waals surface area (Å²) >= 11 is 0. The Kier molecular flexibility index (Phi) is 5.03. The van der Waals surface area contributed by atoms with Gasteiger partial charge in [0.2, 0.25) is 0 Å². The van der Waals surface area contributed by atoms with Gasteiger partial charge in [-0.3, -0.25) is 4.79 Å². The molecule has 0 saturated carbocycles. The molecule has 1 aliphatic rings. The number of hydrogen-bond donors (Lipinski definition) is 2. The Labute approximate surface area is 115 Å². The lowest BCUT2D eigenvalue weighted by Gasteiger charge is -2.24. The van der Waals surface area contributed by atoms with Crippen LogP contribution < -0.4 is 4.72 Å². The van der Waals surface area contributed by atoms with E-state index in [1.807, 2.05) is 0 Å². The zero-order valence-electron chi connectivity index (χ0n) is 10.9. The third-order valence-corrected chi connectivity index (χ3v) is 4.80. The number of hydrogen-bond acceptors (Lipinski definition) is 3. The van der Waals surface area contributed by atoms with Crippen molar-refractivity contribution in [2.24, 2.45) is 5.41 Å². The average molecular weight is 318 g/mol. The number of carboxylic acid groups (broad SMARTS) is 1. The standard InChI is InChI=1S/C10H17F3N2O4S/c1-2-3-9(8(16)17)4-5-15(7-9)20(18,19)14-6-10(11,12)13/h14H,2-7H2,1H3,(H,16,17). The van der Waals surface area contributed by atoms with Crippen molar-refractivity contribution in [3.05, 3.63) is 0 Å². The van der Waals surface area contributed by atoms with Crippen LogP contribution in [0, 0.1) is 5.41 Å². The van der Waals surface area contributed by atoms with Gasteiger partial charge < -0.3 is 5.11 Å². The summed E-state index contributed by atoms with van der Waals surface area (Å²) in [5.41, 5.74) is -1.21. The first-order valence-corrected chi connectivity index (χ1v) is 7.51. The fraction of sp³-hybridized carbons (Fsp3) is 0.900. The highest BCUT2D eigenvalue weighted by Crippen LogP contribution is 2.36. The second-order valence-electron chi connectivity index (χ2n) is 4.86. The number of nitrogens with zero attached hydrogens (tertiary/aromatic N) is 1. The second kappa shape index (κ2) is 5.86. The van der Waals surface area contributed by atoms with Gasteiger partial charge in [-0.15, -0.1) is 0 Å². The van der Waals surface area contributed by atoms with E-state index in [1.165, 1.54) is 4.72 Å². The van der Waals surface area contributed by atoms with Crippen LogP contribution in [0.15, 0.2) is 0 Å². The van der Waals surface area contributed by atoms with E-state index in [-0.39, 0.29) is 25.9 Å². The largest absolute Gasteiger partial charge is 0.481 e. The number of aliphatic carboxylic acids is 1. The average Bonchev–Trinajstić information content (AvgIpc) is 2.73. The number of carbonyl (C=O) groups is 1. The van der Waals surface area contributed by atoms with E-state index in [0.717, 1.165) is 4.31 Å².